The zero-order chi connectivity index (χ0) is 16.4. The van der Waals surface area contributed by atoms with Crippen LogP contribution < -0.4 is 10.1 Å². The third-order valence-corrected chi connectivity index (χ3v) is 4.11. The highest BCUT2D eigenvalue weighted by atomic mass is 16.5. The van der Waals surface area contributed by atoms with Crippen molar-refractivity contribution < 1.29 is 23.8 Å². The lowest BCUT2D eigenvalue weighted by atomic mass is 10.1. The molecule has 1 unspecified atom stereocenters. The molecule has 6 heteroatoms. The monoisotopic (exact) mass is 317 g/mol. The third kappa shape index (κ3) is 3.64. The van der Waals surface area contributed by atoms with Crippen LogP contribution >= 0.6 is 0 Å². The number of carboxylic acids is 1. The summed E-state index contributed by atoms with van der Waals surface area (Å²) in [6.07, 6.45) is 4.22. The van der Waals surface area contributed by atoms with E-state index in [0.717, 1.165) is 23.8 Å². The highest BCUT2D eigenvalue weighted by Gasteiger charge is 2.30. The Morgan fingerprint density at radius 3 is 2.87 bits per heavy atom. The molecule has 6 nitrogen and oxygen atoms in total. The van der Waals surface area contributed by atoms with E-state index in [9.17, 15) is 14.7 Å². The van der Waals surface area contributed by atoms with Gasteiger partial charge in [-0.2, -0.15) is 0 Å². The number of carboxylic acid groups (broad SMARTS) is 1. The average molecular weight is 317 g/mol. The van der Waals surface area contributed by atoms with Gasteiger partial charge in [0.1, 0.15) is 17.4 Å². The smallest absolute Gasteiger partial charge is 0.326 e. The van der Waals surface area contributed by atoms with E-state index in [1.165, 1.54) is 6.26 Å². The summed E-state index contributed by atoms with van der Waals surface area (Å²) in [6.45, 7) is 0. The topological polar surface area (TPSA) is 88.8 Å². The molecule has 0 aliphatic heterocycles. The van der Waals surface area contributed by atoms with E-state index >= 15 is 0 Å². The van der Waals surface area contributed by atoms with Gasteiger partial charge in [-0.1, -0.05) is 12.8 Å². The molecule has 1 aliphatic carbocycles. The van der Waals surface area contributed by atoms with Gasteiger partial charge < -0.3 is 19.6 Å². The molecule has 23 heavy (non-hydrogen) atoms. The van der Waals surface area contributed by atoms with Crippen molar-refractivity contribution in [2.75, 3.05) is 7.11 Å². The Bertz CT molecular complexity index is 732. The molecule has 3 rings (SSSR count). The number of methoxy groups -OCH3 is 1. The lowest BCUT2D eigenvalue weighted by molar-refractivity contribution is -0.142. The maximum absolute atomic E-state index is 12.2. The van der Waals surface area contributed by atoms with Crippen molar-refractivity contribution in [1.82, 2.24) is 5.32 Å². The van der Waals surface area contributed by atoms with Gasteiger partial charge >= 0.3 is 5.97 Å². The molecule has 1 saturated carbocycles. The Kier molecular flexibility index (Phi) is 4.23. The quantitative estimate of drug-likeness (QED) is 0.818. The number of fused-ring (bicyclic) bond motifs is 1. The van der Waals surface area contributed by atoms with Gasteiger partial charge in [0.25, 0.3) is 0 Å². The fourth-order valence-electron chi connectivity index (χ4n) is 2.65. The lowest BCUT2D eigenvalue weighted by Crippen LogP contribution is -2.41. The highest BCUT2D eigenvalue weighted by molar-refractivity contribution is 5.90. The first kappa shape index (κ1) is 15.4. The van der Waals surface area contributed by atoms with Crippen molar-refractivity contribution in [3.63, 3.8) is 0 Å². The van der Waals surface area contributed by atoms with E-state index in [1.54, 1.807) is 19.2 Å². The number of aliphatic carboxylic acids is 1. The fraction of sp³-hybridized carbons (Fsp3) is 0.412. The first-order valence-electron chi connectivity index (χ1n) is 7.63. The number of hydrogen-bond acceptors (Lipinski definition) is 4. The second kappa shape index (κ2) is 6.32. The van der Waals surface area contributed by atoms with Gasteiger partial charge in [0, 0.05) is 17.0 Å². The molecule has 0 saturated heterocycles. The van der Waals surface area contributed by atoms with Gasteiger partial charge in [0.2, 0.25) is 5.91 Å². The van der Waals surface area contributed by atoms with Gasteiger partial charge in [-0.15, -0.1) is 0 Å². The molecule has 0 radical (unpaired) electrons. The molecule has 1 amide bonds. The summed E-state index contributed by atoms with van der Waals surface area (Å²) in [4.78, 5) is 23.4. The summed E-state index contributed by atoms with van der Waals surface area (Å²) in [5.41, 5.74) is 1.37. The molecule has 2 N–H and O–H groups in total. The van der Waals surface area contributed by atoms with Gasteiger partial charge in [-0.25, -0.2) is 4.79 Å². The minimum absolute atomic E-state index is 0.0910. The number of nitrogens with one attached hydrogen (secondary N) is 1. The summed E-state index contributed by atoms with van der Waals surface area (Å²) in [7, 11) is 1.57. The normalized spacial score (nSPS) is 15.3. The van der Waals surface area contributed by atoms with Crippen LogP contribution in [0.25, 0.3) is 11.0 Å². The molecule has 1 aromatic carbocycles. The molecule has 1 fully saturated rings. The SMILES string of the molecule is COc1ccc2c(CC(=O)NC(CC3CC3)C(=O)O)coc2c1. The lowest BCUT2D eigenvalue weighted by Gasteiger charge is -2.13. The standard InChI is InChI=1S/C17H19NO5/c1-22-12-4-5-13-11(9-23-15(13)8-12)7-16(19)18-14(17(20)21)6-10-2-3-10/h4-5,8-10,14H,2-3,6-7H2,1H3,(H,18,19)(H,20,21). The number of carbonyl (C=O) groups is 2. The maximum Gasteiger partial charge on any atom is 0.326 e. The highest BCUT2D eigenvalue weighted by Crippen LogP contribution is 2.33. The van der Waals surface area contributed by atoms with Gasteiger partial charge in [0.15, 0.2) is 0 Å². The van der Waals surface area contributed by atoms with Crippen LogP contribution in [0.4, 0.5) is 0 Å². The van der Waals surface area contributed by atoms with Gasteiger partial charge in [-0.05, 0) is 24.5 Å². The number of furan rings is 1. The largest absolute Gasteiger partial charge is 0.497 e. The fourth-order valence-corrected chi connectivity index (χ4v) is 2.65. The van der Waals surface area contributed by atoms with Crippen LogP contribution in [0.5, 0.6) is 5.75 Å². The Morgan fingerprint density at radius 2 is 2.22 bits per heavy atom. The second-order valence-corrected chi connectivity index (χ2v) is 5.94. The summed E-state index contributed by atoms with van der Waals surface area (Å²) in [5, 5.41) is 12.6. The molecular weight excluding hydrogens is 298 g/mol. The van der Waals surface area contributed by atoms with Crippen molar-refractivity contribution in [3.05, 3.63) is 30.0 Å². The van der Waals surface area contributed by atoms with Crippen molar-refractivity contribution in [2.45, 2.75) is 31.7 Å². The zero-order valence-electron chi connectivity index (χ0n) is 12.9. The molecular formula is C17H19NO5. The van der Waals surface area contributed by atoms with E-state index < -0.39 is 12.0 Å². The summed E-state index contributed by atoms with van der Waals surface area (Å²) >= 11 is 0. The van der Waals surface area contributed by atoms with Crippen molar-refractivity contribution in [1.29, 1.82) is 0 Å². The molecule has 1 aromatic heterocycles. The maximum atomic E-state index is 12.2. The van der Waals surface area contributed by atoms with Crippen molar-refractivity contribution >= 4 is 22.8 Å². The summed E-state index contributed by atoms with van der Waals surface area (Å²) in [6, 6.07) is 4.57. The van der Waals surface area contributed by atoms with E-state index in [4.69, 9.17) is 9.15 Å². The van der Waals surface area contributed by atoms with Crippen molar-refractivity contribution in [2.24, 2.45) is 5.92 Å². The predicted molar refractivity (Wildman–Crippen MR) is 83.4 cm³/mol. The van der Waals surface area contributed by atoms with Crippen LogP contribution in [0.15, 0.2) is 28.9 Å². The number of ether oxygens (including phenoxy) is 1. The Labute approximate surface area is 133 Å². The van der Waals surface area contributed by atoms with E-state index in [-0.39, 0.29) is 12.3 Å². The van der Waals surface area contributed by atoms with Crippen LogP contribution in [0, 0.1) is 5.92 Å². The van der Waals surface area contributed by atoms with Crippen molar-refractivity contribution in [3.8, 4) is 5.75 Å². The number of hydrogen-bond donors (Lipinski definition) is 2. The molecule has 0 bridgehead atoms. The Balaban J connectivity index is 1.68. The minimum Gasteiger partial charge on any atom is -0.497 e. The Hall–Kier alpha value is -2.50. The van der Waals surface area contributed by atoms with Gasteiger partial charge in [-0.3, -0.25) is 4.79 Å². The molecule has 122 valence electrons. The van der Waals surface area contributed by atoms with E-state index in [0.29, 0.717) is 23.7 Å². The first-order valence-corrected chi connectivity index (χ1v) is 7.63. The van der Waals surface area contributed by atoms with Crippen LogP contribution in [0.2, 0.25) is 0 Å². The summed E-state index contributed by atoms with van der Waals surface area (Å²) in [5.74, 6) is -0.180. The number of carbonyl (C=O) groups excluding carboxylic acids is 1. The Morgan fingerprint density at radius 1 is 1.43 bits per heavy atom. The third-order valence-electron chi connectivity index (χ3n) is 4.11. The van der Waals surface area contributed by atoms with Crippen LogP contribution in [-0.2, 0) is 16.0 Å². The summed E-state index contributed by atoms with van der Waals surface area (Å²) < 4.78 is 10.6. The number of rotatable bonds is 7. The average Bonchev–Trinajstić information content (AvgIpc) is 3.26. The molecule has 1 atom stereocenters. The minimum atomic E-state index is -0.980. The van der Waals surface area contributed by atoms with E-state index in [1.807, 2.05) is 6.07 Å². The van der Waals surface area contributed by atoms with Crippen LogP contribution in [-0.4, -0.2) is 30.1 Å². The predicted octanol–water partition coefficient (Wildman–Crippen LogP) is 2.35. The first-order chi connectivity index (χ1) is 11.1. The number of benzene rings is 1. The second-order valence-electron chi connectivity index (χ2n) is 5.94. The van der Waals surface area contributed by atoms with E-state index in [2.05, 4.69) is 5.32 Å². The molecule has 1 heterocycles. The molecule has 1 aliphatic rings. The zero-order valence-corrected chi connectivity index (χ0v) is 12.9. The number of amides is 1. The molecule has 2 aromatic rings. The van der Waals surface area contributed by atoms with Crippen LogP contribution in [0.3, 0.4) is 0 Å². The van der Waals surface area contributed by atoms with Crippen LogP contribution in [0.1, 0.15) is 24.8 Å². The van der Waals surface area contributed by atoms with Gasteiger partial charge in [0.05, 0.1) is 19.8 Å². The molecule has 0 spiro atoms.